The first-order valence-electron chi connectivity index (χ1n) is 9.63. The monoisotopic (exact) mass is 394 g/mol. The third-order valence-corrected chi connectivity index (χ3v) is 5.21. The zero-order valence-corrected chi connectivity index (χ0v) is 15.9. The van der Waals surface area contributed by atoms with Crippen molar-refractivity contribution in [3.8, 4) is 11.1 Å². The van der Waals surface area contributed by atoms with Crippen LogP contribution in [0.3, 0.4) is 0 Å². The van der Waals surface area contributed by atoms with Crippen molar-refractivity contribution in [3.05, 3.63) is 54.4 Å². The Morgan fingerprint density at radius 1 is 1.00 bits per heavy atom. The van der Waals surface area contributed by atoms with E-state index >= 15 is 0 Å². The highest BCUT2D eigenvalue weighted by Gasteiger charge is 2.44. The summed E-state index contributed by atoms with van der Waals surface area (Å²) in [4.78, 5) is 19.3. The quantitative estimate of drug-likeness (QED) is 0.695. The van der Waals surface area contributed by atoms with Crippen molar-refractivity contribution in [2.24, 2.45) is 0 Å². The molecule has 1 aliphatic carbocycles. The Morgan fingerprint density at radius 3 is 2.55 bits per heavy atom. The molecule has 2 fully saturated rings. The molecule has 2 aliphatic rings. The number of hydrogen-bond donors (Lipinski definition) is 1. The van der Waals surface area contributed by atoms with E-state index < -0.39 is 5.92 Å². The van der Waals surface area contributed by atoms with Crippen molar-refractivity contribution in [1.29, 1.82) is 0 Å². The van der Waals surface area contributed by atoms with Crippen LogP contribution in [0.5, 0.6) is 0 Å². The molecule has 0 spiro atoms. The predicted molar refractivity (Wildman–Crippen MR) is 107 cm³/mol. The Kier molecular flexibility index (Phi) is 4.15. The fraction of sp³-hybridized carbons (Fsp3) is 0.333. The predicted octanol–water partition coefficient (Wildman–Crippen LogP) is 4.32. The van der Waals surface area contributed by atoms with Gasteiger partial charge in [-0.25, -0.2) is 23.7 Å². The van der Waals surface area contributed by atoms with Crippen LogP contribution in [-0.2, 0) is 0 Å². The second kappa shape index (κ2) is 6.72. The molecule has 3 aromatic rings. The van der Waals surface area contributed by atoms with Crippen LogP contribution in [0.2, 0.25) is 0 Å². The van der Waals surface area contributed by atoms with Crippen molar-refractivity contribution < 1.29 is 8.78 Å². The first-order valence-corrected chi connectivity index (χ1v) is 9.63. The molecule has 0 atom stereocenters. The van der Waals surface area contributed by atoms with Gasteiger partial charge < -0.3 is 10.2 Å². The highest BCUT2D eigenvalue weighted by molar-refractivity contribution is 5.72. The SMILES string of the molecule is Cc1ncc(-c2ccnc(Nc3ccnc(C4CC4)n3)c2)cc1N1CC(F)(F)C1. The van der Waals surface area contributed by atoms with E-state index in [0.717, 1.165) is 41.2 Å². The molecule has 0 bridgehead atoms. The summed E-state index contributed by atoms with van der Waals surface area (Å²) in [5.74, 6) is 0.0806. The molecule has 6 nitrogen and oxygen atoms in total. The Balaban J connectivity index is 1.39. The van der Waals surface area contributed by atoms with E-state index in [1.807, 2.05) is 31.2 Å². The first kappa shape index (κ1) is 17.9. The minimum absolute atomic E-state index is 0.265. The lowest BCUT2D eigenvalue weighted by Crippen LogP contribution is -2.56. The molecule has 0 radical (unpaired) electrons. The molecule has 148 valence electrons. The van der Waals surface area contributed by atoms with Gasteiger partial charge in [0.05, 0.1) is 24.5 Å². The standard InChI is InChI=1S/C21H20F2N6/c1-13-17(29-11-21(22,23)12-29)8-16(10-26-13)15-4-6-24-19(9-15)27-18-5-7-25-20(28-18)14-2-3-14/h4-10,14H,2-3,11-12H2,1H3,(H,24,25,27,28). The first-order chi connectivity index (χ1) is 14.0. The Morgan fingerprint density at radius 2 is 1.79 bits per heavy atom. The molecule has 1 N–H and O–H groups in total. The Labute approximate surface area is 167 Å². The van der Waals surface area contributed by atoms with Gasteiger partial charge in [0.15, 0.2) is 0 Å². The number of aryl methyl sites for hydroxylation is 1. The van der Waals surface area contributed by atoms with Crippen LogP contribution in [0, 0.1) is 6.92 Å². The van der Waals surface area contributed by atoms with E-state index in [0.29, 0.717) is 17.6 Å². The minimum Gasteiger partial charge on any atom is -0.358 e. The van der Waals surface area contributed by atoms with E-state index in [4.69, 9.17) is 0 Å². The second-order valence-corrected chi connectivity index (χ2v) is 7.67. The molecule has 0 aromatic carbocycles. The van der Waals surface area contributed by atoms with Crippen LogP contribution < -0.4 is 10.2 Å². The lowest BCUT2D eigenvalue weighted by atomic mass is 10.0. The van der Waals surface area contributed by atoms with Gasteiger partial charge in [-0.2, -0.15) is 0 Å². The van der Waals surface area contributed by atoms with Gasteiger partial charge in [0.25, 0.3) is 5.92 Å². The zero-order chi connectivity index (χ0) is 20.0. The van der Waals surface area contributed by atoms with Gasteiger partial charge in [0, 0.05) is 30.1 Å². The third kappa shape index (κ3) is 3.74. The molecule has 1 saturated heterocycles. The molecule has 1 aliphatic heterocycles. The smallest absolute Gasteiger partial charge is 0.282 e. The zero-order valence-electron chi connectivity index (χ0n) is 15.9. The van der Waals surface area contributed by atoms with Gasteiger partial charge in [-0.3, -0.25) is 4.98 Å². The number of rotatable bonds is 5. The van der Waals surface area contributed by atoms with Gasteiger partial charge in [0.2, 0.25) is 0 Å². The Bertz CT molecular complexity index is 1060. The Hall–Kier alpha value is -3.16. The van der Waals surface area contributed by atoms with E-state index in [1.54, 1.807) is 23.5 Å². The number of hydrogen-bond acceptors (Lipinski definition) is 6. The van der Waals surface area contributed by atoms with Gasteiger partial charge in [-0.1, -0.05) is 0 Å². The van der Waals surface area contributed by atoms with E-state index in [9.17, 15) is 8.78 Å². The average Bonchev–Trinajstić information content (AvgIpc) is 3.52. The number of aromatic nitrogens is 4. The van der Waals surface area contributed by atoms with Crippen molar-refractivity contribution in [2.45, 2.75) is 31.6 Å². The normalized spacial score (nSPS) is 17.7. The van der Waals surface area contributed by atoms with Crippen LogP contribution in [0.15, 0.2) is 42.9 Å². The van der Waals surface area contributed by atoms with Crippen molar-refractivity contribution >= 4 is 17.3 Å². The molecule has 1 saturated carbocycles. The van der Waals surface area contributed by atoms with E-state index in [-0.39, 0.29) is 13.1 Å². The molecule has 0 unspecified atom stereocenters. The lowest BCUT2D eigenvalue weighted by molar-refractivity contribution is -0.0263. The second-order valence-electron chi connectivity index (χ2n) is 7.67. The third-order valence-electron chi connectivity index (χ3n) is 5.21. The maximum atomic E-state index is 13.3. The fourth-order valence-electron chi connectivity index (χ4n) is 3.47. The molecule has 4 heterocycles. The number of alkyl halides is 2. The van der Waals surface area contributed by atoms with Crippen LogP contribution in [0.1, 0.15) is 30.3 Å². The maximum Gasteiger partial charge on any atom is 0.282 e. The number of pyridine rings is 2. The number of anilines is 3. The summed E-state index contributed by atoms with van der Waals surface area (Å²) < 4.78 is 26.6. The van der Waals surface area contributed by atoms with E-state index in [2.05, 4.69) is 25.3 Å². The molecule has 5 rings (SSSR count). The molecular weight excluding hydrogens is 374 g/mol. The molecule has 29 heavy (non-hydrogen) atoms. The fourth-order valence-corrected chi connectivity index (χ4v) is 3.47. The summed E-state index contributed by atoms with van der Waals surface area (Å²) in [5.41, 5.74) is 3.24. The highest BCUT2D eigenvalue weighted by atomic mass is 19.3. The van der Waals surface area contributed by atoms with Crippen LogP contribution >= 0.6 is 0 Å². The van der Waals surface area contributed by atoms with Crippen LogP contribution in [0.25, 0.3) is 11.1 Å². The summed E-state index contributed by atoms with van der Waals surface area (Å²) in [6, 6.07) is 7.50. The van der Waals surface area contributed by atoms with Crippen molar-refractivity contribution in [1.82, 2.24) is 19.9 Å². The van der Waals surface area contributed by atoms with Crippen molar-refractivity contribution in [2.75, 3.05) is 23.3 Å². The van der Waals surface area contributed by atoms with Crippen LogP contribution in [0.4, 0.5) is 26.1 Å². The molecule has 3 aromatic heterocycles. The molecular formula is C21H20F2N6. The lowest BCUT2D eigenvalue weighted by Gasteiger charge is -2.41. The number of nitrogens with zero attached hydrogens (tertiary/aromatic N) is 5. The minimum atomic E-state index is -2.62. The summed E-state index contributed by atoms with van der Waals surface area (Å²) >= 11 is 0. The average molecular weight is 394 g/mol. The summed E-state index contributed by atoms with van der Waals surface area (Å²) in [5, 5.41) is 3.23. The van der Waals surface area contributed by atoms with E-state index in [1.165, 1.54) is 0 Å². The molecule has 0 amide bonds. The topological polar surface area (TPSA) is 66.8 Å². The molecule has 8 heteroatoms. The highest BCUT2D eigenvalue weighted by Crippen LogP contribution is 2.38. The van der Waals surface area contributed by atoms with Gasteiger partial charge >= 0.3 is 0 Å². The number of nitrogens with one attached hydrogen (secondary N) is 1. The summed E-state index contributed by atoms with van der Waals surface area (Å²) in [6.45, 7) is 1.31. The summed E-state index contributed by atoms with van der Waals surface area (Å²) in [6.07, 6.45) is 7.50. The largest absolute Gasteiger partial charge is 0.358 e. The maximum absolute atomic E-state index is 13.3. The van der Waals surface area contributed by atoms with Crippen LogP contribution in [-0.4, -0.2) is 38.9 Å². The van der Waals surface area contributed by atoms with Gasteiger partial charge in [-0.05, 0) is 49.6 Å². The van der Waals surface area contributed by atoms with Gasteiger partial charge in [0.1, 0.15) is 17.5 Å². The summed E-state index contributed by atoms with van der Waals surface area (Å²) in [7, 11) is 0. The van der Waals surface area contributed by atoms with Gasteiger partial charge in [-0.15, -0.1) is 0 Å². The van der Waals surface area contributed by atoms with Crippen molar-refractivity contribution in [3.63, 3.8) is 0 Å². The number of halogens is 2.